The summed E-state index contributed by atoms with van der Waals surface area (Å²) in [5.41, 5.74) is 2.40. The topological polar surface area (TPSA) is 36.0 Å². The van der Waals surface area contributed by atoms with Crippen molar-refractivity contribution in [3.05, 3.63) is 65.7 Å². The normalized spacial score (nSPS) is 15.3. The number of nitrogens with zero attached hydrogens (tertiary/aromatic N) is 3. The molecule has 5 nitrogen and oxygen atoms in total. The molecule has 1 aliphatic heterocycles. The van der Waals surface area contributed by atoms with Crippen LogP contribution in [0.4, 0.5) is 0 Å². The van der Waals surface area contributed by atoms with Crippen LogP contribution >= 0.6 is 0 Å². The van der Waals surface area contributed by atoms with E-state index in [9.17, 15) is 4.79 Å². The van der Waals surface area contributed by atoms with Crippen molar-refractivity contribution in [1.29, 1.82) is 0 Å². The summed E-state index contributed by atoms with van der Waals surface area (Å²) in [5, 5.41) is 0. The molecule has 0 bridgehead atoms. The fourth-order valence-electron chi connectivity index (χ4n) is 4.06. The van der Waals surface area contributed by atoms with Crippen LogP contribution in [0.25, 0.3) is 0 Å². The van der Waals surface area contributed by atoms with Gasteiger partial charge in [-0.2, -0.15) is 0 Å². The van der Waals surface area contributed by atoms with E-state index >= 15 is 0 Å². The number of carbonyl (C=O) groups is 1. The fourth-order valence-corrected chi connectivity index (χ4v) is 4.06. The molecule has 0 unspecified atom stereocenters. The highest BCUT2D eigenvalue weighted by molar-refractivity contribution is 5.79. The van der Waals surface area contributed by atoms with E-state index in [0.717, 1.165) is 51.3 Å². The first-order chi connectivity index (χ1) is 14.6. The van der Waals surface area contributed by atoms with E-state index in [0.29, 0.717) is 12.5 Å². The van der Waals surface area contributed by atoms with Gasteiger partial charge in [-0.25, -0.2) is 0 Å². The molecule has 2 aromatic carbocycles. The van der Waals surface area contributed by atoms with Crippen LogP contribution in [0.3, 0.4) is 0 Å². The van der Waals surface area contributed by atoms with Gasteiger partial charge >= 0.3 is 0 Å². The maximum absolute atomic E-state index is 13.3. The Hall–Kier alpha value is -2.37. The summed E-state index contributed by atoms with van der Waals surface area (Å²) in [6.07, 6.45) is 1.84. The molecule has 2 aromatic rings. The third-order valence-electron chi connectivity index (χ3n) is 5.87. The summed E-state index contributed by atoms with van der Waals surface area (Å²) in [4.78, 5) is 20.0. The van der Waals surface area contributed by atoms with E-state index in [4.69, 9.17) is 4.74 Å². The van der Waals surface area contributed by atoms with Crippen LogP contribution in [0.1, 0.15) is 24.0 Å². The number of likely N-dealkylation sites (tertiary alicyclic amines) is 1. The molecule has 0 aliphatic carbocycles. The Labute approximate surface area is 181 Å². The van der Waals surface area contributed by atoms with Gasteiger partial charge in [0.1, 0.15) is 5.75 Å². The number of hydrogen-bond donors (Lipinski definition) is 0. The first-order valence-corrected chi connectivity index (χ1v) is 10.9. The summed E-state index contributed by atoms with van der Waals surface area (Å²) in [5.74, 6) is 1.36. The molecule has 1 fully saturated rings. The number of likely N-dealkylation sites (N-methyl/N-ethyl adjacent to an activating group) is 1. The molecule has 1 heterocycles. The Balaban J connectivity index is 1.58. The Morgan fingerprint density at radius 3 is 2.33 bits per heavy atom. The lowest BCUT2D eigenvalue weighted by molar-refractivity contribution is -0.138. The molecule has 1 aliphatic rings. The minimum Gasteiger partial charge on any atom is -0.496 e. The van der Waals surface area contributed by atoms with E-state index in [1.54, 1.807) is 7.11 Å². The van der Waals surface area contributed by atoms with Gasteiger partial charge in [-0.05, 0) is 51.7 Å². The van der Waals surface area contributed by atoms with Crippen molar-refractivity contribution in [1.82, 2.24) is 14.7 Å². The third kappa shape index (κ3) is 6.31. The highest BCUT2D eigenvalue weighted by atomic mass is 16.5. The van der Waals surface area contributed by atoms with Gasteiger partial charge in [0.2, 0.25) is 5.91 Å². The highest BCUT2D eigenvalue weighted by Crippen LogP contribution is 2.25. The average Bonchev–Trinajstić information content (AvgIpc) is 2.77. The van der Waals surface area contributed by atoms with Crippen molar-refractivity contribution >= 4 is 5.91 Å². The predicted octanol–water partition coefficient (Wildman–Crippen LogP) is 3.50. The summed E-state index contributed by atoms with van der Waals surface area (Å²) in [7, 11) is 5.84. The molecule has 5 heteroatoms. The van der Waals surface area contributed by atoms with E-state index in [-0.39, 0.29) is 5.92 Å². The largest absolute Gasteiger partial charge is 0.496 e. The molecule has 1 saturated heterocycles. The van der Waals surface area contributed by atoms with Crippen LogP contribution in [-0.4, -0.2) is 68.0 Å². The monoisotopic (exact) mass is 409 g/mol. The summed E-state index contributed by atoms with van der Waals surface area (Å²) < 4.78 is 5.49. The van der Waals surface area contributed by atoms with Gasteiger partial charge in [-0.15, -0.1) is 0 Å². The molecule has 1 amide bonds. The maximum atomic E-state index is 13.3. The maximum Gasteiger partial charge on any atom is 0.226 e. The second kappa shape index (κ2) is 11.1. The van der Waals surface area contributed by atoms with Gasteiger partial charge in [0.05, 0.1) is 7.11 Å². The third-order valence-corrected chi connectivity index (χ3v) is 5.87. The summed E-state index contributed by atoms with van der Waals surface area (Å²) in [6, 6.07) is 18.5. The number of piperidine rings is 1. The van der Waals surface area contributed by atoms with Crippen LogP contribution in [0.15, 0.2) is 54.6 Å². The molecule has 0 N–H and O–H groups in total. The standard InChI is InChI=1S/C25H35N3O2/c1-26(2)17-18-28(19-21-9-5-4-6-10-21)25(29)22-13-15-27(16-14-22)20-23-11-7-8-12-24(23)30-3/h4-12,22H,13-20H2,1-3H3. The molecular formula is C25H35N3O2. The summed E-state index contributed by atoms with van der Waals surface area (Å²) >= 11 is 0. The Morgan fingerprint density at radius 2 is 1.67 bits per heavy atom. The number of hydrogen-bond acceptors (Lipinski definition) is 4. The average molecular weight is 410 g/mol. The van der Waals surface area contributed by atoms with E-state index in [1.165, 1.54) is 11.1 Å². The van der Waals surface area contributed by atoms with Crippen LogP contribution in [0.5, 0.6) is 5.75 Å². The molecule has 3 rings (SSSR count). The van der Waals surface area contributed by atoms with Crippen molar-refractivity contribution < 1.29 is 9.53 Å². The van der Waals surface area contributed by atoms with Crippen LogP contribution < -0.4 is 4.74 Å². The van der Waals surface area contributed by atoms with Gasteiger partial charge in [0.25, 0.3) is 0 Å². The van der Waals surface area contributed by atoms with Crippen LogP contribution in [0.2, 0.25) is 0 Å². The molecule has 0 radical (unpaired) electrons. The van der Waals surface area contributed by atoms with Crippen molar-refractivity contribution in [2.24, 2.45) is 5.92 Å². The lowest BCUT2D eigenvalue weighted by Crippen LogP contribution is -2.44. The van der Waals surface area contributed by atoms with E-state index < -0.39 is 0 Å². The lowest BCUT2D eigenvalue weighted by atomic mass is 9.94. The van der Waals surface area contributed by atoms with E-state index in [2.05, 4.69) is 53.1 Å². The number of benzene rings is 2. The Kier molecular flexibility index (Phi) is 8.29. The zero-order chi connectivity index (χ0) is 21.3. The number of para-hydroxylation sites is 1. The number of ether oxygens (including phenoxy) is 1. The molecular weight excluding hydrogens is 374 g/mol. The second-order valence-corrected chi connectivity index (χ2v) is 8.41. The first kappa shape index (κ1) is 22.3. The lowest BCUT2D eigenvalue weighted by Gasteiger charge is -2.35. The van der Waals surface area contributed by atoms with Gasteiger partial charge in [0.15, 0.2) is 0 Å². The Bertz CT molecular complexity index is 786. The van der Waals surface area contributed by atoms with Crippen LogP contribution in [0, 0.1) is 5.92 Å². The molecule has 0 atom stereocenters. The molecule has 0 aromatic heterocycles. The van der Waals surface area contributed by atoms with Crippen molar-refractivity contribution in [2.45, 2.75) is 25.9 Å². The number of rotatable bonds is 9. The van der Waals surface area contributed by atoms with Crippen molar-refractivity contribution in [3.8, 4) is 5.75 Å². The minimum absolute atomic E-state index is 0.116. The molecule has 0 spiro atoms. The number of carbonyl (C=O) groups excluding carboxylic acids is 1. The zero-order valence-corrected chi connectivity index (χ0v) is 18.6. The second-order valence-electron chi connectivity index (χ2n) is 8.41. The Morgan fingerprint density at radius 1 is 1.00 bits per heavy atom. The fraction of sp³-hybridized carbons (Fsp3) is 0.480. The quantitative estimate of drug-likeness (QED) is 0.635. The van der Waals surface area contributed by atoms with Gasteiger partial charge in [0, 0.05) is 37.7 Å². The summed E-state index contributed by atoms with van der Waals surface area (Å²) in [6.45, 7) is 5.10. The van der Waals surface area contributed by atoms with Crippen molar-refractivity contribution in [3.63, 3.8) is 0 Å². The number of methoxy groups -OCH3 is 1. The molecule has 30 heavy (non-hydrogen) atoms. The number of amides is 1. The molecule has 162 valence electrons. The zero-order valence-electron chi connectivity index (χ0n) is 18.6. The van der Waals surface area contributed by atoms with Gasteiger partial charge in [-0.3, -0.25) is 9.69 Å². The van der Waals surface area contributed by atoms with Gasteiger partial charge < -0.3 is 14.5 Å². The molecule has 0 saturated carbocycles. The van der Waals surface area contributed by atoms with Crippen molar-refractivity contribution in [2.75, 3.05) is 47.4 Å². The first-order valence-electron chi connectivity index (χ1n) is 10.9. The SMILES string of the molecule is COc1ccccc1CN1CCC(C(=O)N(CCN(C)C)Cc2ccccc2)CC1. The van der Waals surface area contributed by atoms with Gasteiger partial charge in [-0.1, -0.05) is 48.5 Å². The predicted molar refractivity (Wildman–Crippen MR) is 121 cm³/mol. The van der Waals surface area contributed by atoms with Crippen LogP contribution in [-0.2, 0) is 17.9 Å². The minimum atomic E-state index is 0.116. The highest BCUT2D eigenvalue weighted by Gasteiger charge is 2.29. The van der Waals surface area contributed by atoms with E-state index in [1.807, 2.05) is 30.3 Å². The smallest absolute Gasteiger partial charge is 0.226 e.